The lowest BCUT2D eigenvalue weighted by Gasteiger charge is -2.31. The van der Waals surface area contributed by atoms with Gasteiger partial charge in [-0.25, -0.2) is 0 Å². The fourth-order valence-corrected chi connectivity index (χ4v) is 3.84. The molecular formula is C27H29ClN2O2. The van der Waals surface area contributed by atoms with Gasteiger partial charge in [0, 0.05) is 24.5 Å². The second kappa shape index (κ2) is 12.1. The first-order valence-corrected chi connectivity index (χ1v) is 11.3. The van der Waals surface area contributed by atoms with Gasteiger partial charge in [0.15, 0.2) is 0 Å². The van der Waals surface area contributed by atoms with Crippen LogP contribution in [-0.4, -0.2) is 29.3 Å². The van der Waals surface area contributed by atoms with Crippen molar-refractivity contribution in [3.63, 3.8) is 0 Å². The van der Waals surface area contributed by atoms with Crippen LogP contribution in [0.4, 0.5) is 0 Å². The second-order valence-corrected chi connectivity index (χ2v) is 8.25. The van der Waals surface area contributed by atoms with Gasteiger partial charge in [-0.15, -0.1) is 0 Å². The van der Waals surface area contributed by atoms with E-state index in [2.05, 4.69) is 5.32 Å². The zero-order valence-corrected chi connectivity index (χ0v) is 19.1. The van der Waals surface area contributed by atoms with Crippen molar-refractivity contribution in [3.8, 4) is 0 Å². The van der Waals surface area contributed by atoms with Crippen LogP contribution in [-0.2, 0) is 29.0 Å². The zero-order valence-electron chi connectivity index (χ0n) is 18.3. The van der Waals surface area contributed by atoms with Gasteiger partial charge in [0.1, 0.15) is 6.04 Å². The van der Waals surface area contributed by atoms with Crippen LogP contribution in [0.1, 0.15) is 30.0 Å². The largest absolute Gasteiger partial charge is 0.354 e. The van der Waals surface area contributed by atoms with Crippen molar-refractivity contribution in [2.24, 2.45) is 0 Å². The quantitative estimate of drug-likeness (QED) is 0.472. The van der Waals surface area contributed by atoms with Gasteiger partial charge in [-0.3, -0.25) is 9.59 Å². The molecule has 0 radical (unpaired) electrons. The number of carbonyl (C=O) groups is 2. The van der Waals surface area contributed by atoms with Crippen LogP contribution in [0.5, 0.6) is 0 Å². The van der Waals surface area contributed by atoms with Crippen molar-refractivity contribution in [1.29, 1.82) is 0 Å². The molecule has 3 rings (SSSR count). The molecule has 0 unspecified atom stereocenters. The first-order chi connectivity index (χ1) is 15.6. The maximum Gasteiger partial charge on any atom is 0.243 e. The Kier molecular flexibility index (Phi) is 8.88. The van der Waals surface area contributed by atoms with E-state index in [9.17, 15) is 9.59 Å². The van der Waals surface area contributed by atoms with Crippen LogP contribution in [0.3, 0.4) is 0 Å². The Morgan fingerprint density at radius 3 is 2.12 bits per heavy atom. The van der Waals surface area contributed by atoms with E-state index >= 15 is 0 Å². The van der Waals surface area contributed by atoms with E-state index in [1.165, 1.54) is 0 Å². The molecule has 0 saturated carbocycles. The molecule has 0 aromatic heterocycles. The molecule has 32 heavy (non-hydrogen) atoms. The molecule has 0 bridgehead atoms. The van der Waals surface area contributed by atoms with Crippen molar-refractivity contribution in [1.82, 2.24) is 10.2 Å². The van der Waals surface area contributed by atoms with Crippen LogP contribution in [0.25, 0.3) is 0 Å². The maximum atomic E-state index is 13.5. The number of halogens is 1. The summed E-state index contributed by atoms with van der Waals surface area (Å²) in [7, 11) is 0. The van der Waals surface area contributed by atoms with Crippen molar-refractivity contribution >= 4 is 23.4 Å². The first kappa shape index (κ1) is 23.6. The average Bonchev–Trinajstić information content (AvgIpc) is 2.81. The minimum Gasteiger partial charge on any atom is -0.354 e. The van der Waals surface area contributed by atoms with Crippen LogP contribution in [0, 0.1) is 0 Å². The molecule has 0 fully saturated rings. The van der Waals surface area contributed by atoms with Gasteiger partial charge in [0.25, 0.3) is 0 Å². The molecule has 3 aromatic carbocycles. The van der Waals surface area contributed by atoms with Crippen LogP contribution < -0.4 is 5.32 Å². The smallest absolute Gasteiger partial charge is 0.243 e. The van der Waals surface area contributed by atoms with Crippen molar-refractivity contribution in [2.75, 3.05) is 6.54 Å². The summed E-state index contributed by atoms with van der Waals surface area (Å²) in [4.78, 5) is 28.4. The highest BCUT2D eigenvalue weighted by molar-refractivity contribution is 6.30. The number of hydrogen-bond acceptors (Lipinski definition) is 2. The highest BCUT2D eigenvalue weighted by Crippen LogP contribution is 2.18. The molecule has 4 nitrogen and oxygen atoms in total. The van der Waals surface area contributed by atoms with Crippen molar-refractivity contribution in [3.05, 3.63) is 107 Å². The van der Waals surface area contributed by atoms with Crippen molar-refractivity contribution < 1.29 is 9.59 Å². The Hall–Kier alpha value is -3.11. The van der Waals surface area contributed by atoms with Gasteiger partial charge in [-0.1, -0.05) is 91.3 Å². The first-order valence-electron chi connectivity index (χ1n) is 11.0. The van der Waals surface area contributed by atoms with Crippen LogP contribution in [0.15, 0.2) is 84.9 Å². The molecule has 1 atom stereocenters. The average molecular weight is 449 g/mol. The Bertz CT molecular complexity index is 1010. The summed E-state index contributed by atoms with van der Waals surface area (Å²) < 4.78 is 0. The van der Waals surface area contributed by atoms with E-state index in [4.69, 9.17) is 11.6 Å². The molecule has 166 valence electrons. The van der Waals surface area contributed by atoms with E-state index in [0.717, 1.165) is 23.1 Å². The molecule has 0 aliphatic rings. The van der Waals surface area contributed by atoms with Crippen LogP contribution >= 0.6 is 11.6 Å². The van der Waals surface area contributed by atoms with Gasteiger partial charge in [0.2, 0.25) is 11.8 Å². The number of hydrogen-bond donors (Lipinski definition) is 1. The normalized spacial score (nSPS) is 11.6. The van der Waals surface area contributed by atoms with E-state index < -0.39 is 6.04 Å². The van der Waals surface area contributed by atoms with Gasteiger partial charge >= 0.3 is 0 Å². The third kappa shape index (κ3) is 6.96. The molecule has 0 spiro atoms. The molecule has 0 aliphatic heterocycles. The molecular weight excluding hydrogens is 420 g/mol. The lowest BCUT2D eigenvalue weighted by atomic mass is 10.0. The Morgan fingerprint density at radius 2 is 1.50 bits per heavy atom. The van der Waals surface area contributed by atoms with Crippen molar-refractivity contribution in [2.45, 2.75) is 38.8 Å². The molecule has 0 aliphatic carbocycles. The van der Waals surface area contributed by atoms with Gasteiger partial charge < -0.3 is 10.2 Å². The summed E-state index contributed by atoms with van der Waals surface area (Å²) in [5.74, 6) is -0.233. The second-order valence-electron chi connectivity index (χ2n) is 7.81. The minimum atomic E-state index is -0.626. The van der Waals surface area contributed by atoms with E-state index in [1.54, 1.807) is 11.0 Å². The summed E-state index contributed by atoms with van der Waals surface area (Å²) in [6.07, 6.45) is 1.50. The lowest BCUT2D eigenvalue weighted by Crippen LogP contribution is -2.51. The summed E-state index contributed by atoms with van der Waals surface area (Å²) in [6.45, 7) is 2.89. The Morgan fingerprint density at radius 1 is 0.875 bits per heavy atom. The number of rotatable bonds is 10. The highest BCUT2D eigenvalue weighted by atomic mass is 35.5. The Labute approximate surface area is 195 Å². The summed E-state index contributed by atoms with van der Waals surface area (Å²) in [5, 5.41) is 3.59. The lowest BCUT2D eigenvalue weighted by molar-refractivity contribution is -0.140. The third-order valence-corrected chi connectivity index (χ3v) is 5.50. The summed E-state index contributed by atoms with van der Waals surface area (Å²) >= 11 is 6.20. The molecule has 1 N–H and O–H groups in total. The zero-order chi connectivity index (χ0) is 22.8. The predicted molar refractivity (Wildman–Crippen MR) is 129 cm³/mol. The standard InChI is InChI=1S/C27H29ClN2O2/c1-2-16-29-27(32)25(18-21-10-5-3-6-11-21)30(20-23-14-9-15-24(28)17-23)26(31)19-22-12-7-4-8-13-22/h3-15,17,25H,2,16,18-20H2,1H3,(H,29,32)/t25-/m1/s1. The minimum absolute atomic E-state index is 0.0937. The molecule has 5 heteroatoms. The van der Waals surface area contributed by atoms with E-state index in [-0.39, 0.29) is 18.2 Å². The van der Waals surface area contributed by atoms with Gasteiger partial charge in [-0.2, -0.15) is 0 Å². The van der Waals surface area contributed by atoms with E-state index in [1.807, 2.05) is 85.8 Å². The third-order valence-electron chi connectivity index (χ3n) is 5.26. The number of nitrogens with one attached hydrogen (secondary N) is 1. The SMILES string of the molecule is CCCNC(=O)[C@@H](Cc1ccccc1)N(Cc1cccc(Cl)c1)C(=O)Cc1ccccc1. The molecule has 0 heterocycles. The van der Waals surface area contributed by atoms with Gasteiger partial charge in [-0.05, 0) is 35.2 Å². The topological polar surface area (TPSA) is 49.4 Å². The molecule has 3 aromatic rings. The maximum absolute atomic E-state index is 13.5. The fraction of sp³-hybridized carbons (Fsp3) is 0.259. The van der Waals surface area contributed by atoms with Crippen LogP contribution in [0.2, 0.25) is 5.02 Å². The number of amides is 2. The number of benzene rings is 3. The van der Waals surface area contributed by atoms with E-state index in [0.29, 0.717) is 24.5 Å². The highest BCUT2D eigenvalue weighted by Gasteiger charge is 2.30. The number of nitrogens with zero attached hydrogens (tertiary/aromatic N) is 1. The van der Waals surface area contributed by atoms with Gasteiger partial charge in [0.05, 0.1) is 6.42 Å². The molecule has 2 amide bonds. The summed E-state index contributed by atoms with van der Waals surface area (Å²) in [5.41, 5.74) is 2.81. The monoisotopic (exact) mass is 448 g/mol. The summed E-state index contributed by atoms with van der Waals surface area (Å²) in [6, 6.07) is 26.2. The Balaban J connectivity index is 1.94. The fourth-order valence-electron chi connectivity index (χ4n) is 3.62. The molecule has 0 saturated heterocycles. The number of carbonyl (C=O) groups excluding carboxylic acids is 2. The predicted octanol–water partition coefficient (Wildman–Crippen LogP) is 5.05.